The summed E-state index contributed by atoms with van der Waals surface area (Å²) in [4.78, 5) is 0. The summed E-state index contributed by atoms with van der Waals surface area (Å²) >= 11 is 0. The lowest BCUT2D eigenvalue weighted by Crippen LogP contribution is -1.99. The number of aryl methyl sites for hydroxylation is 1. The zero-order chi connectivity index (χ0) is 18.2. The van der Waals surface area contributed by atoms with Crippen LogP contribution in [0.1, 0.15) is 5.56 Å². The van der Waals surface area contributed by atoms with Crippen LogP contribution in [0.2, 0.25) is 0 Å². The van der Waals surface area contributed by atoms with Gasteiger partial charge in [0.25, 0.3) is 0 Å². The third-order valence-electron chi connectivity index (χ3n) is 4.94. The molecule has 0 aliphatic heterocycles. The van der Waals surface area contributed by atoms with Crippen LogP contribution in [0.15, 0.2) is 97.3 Å². The smallest absolute Gasteiger partial charge is 0.0755 e. The van der Waals surface area contributed by atoms with Gasteiger partial charge in [0.05, 0.1) is 23.3 Å². The van der Waals surface area contributed by atoms with Gasteiger partial charge in [0.15, 0.2) is 0 Å². The standard InChI is InChI=1S/C24H19N3/c1-18-7-10-22(11-8-18)27-24(15-16-25-27)20-9-12-21-13-14-23(26(21)17-20)19-5-3-2-4-6-19/h2-17H,1H3. The quantitative estimate of drug-likeness (QED) is 0.405. The van der Waals surface area contributed by atoms with Gasteiger partial charge in [-0.25, -0.2) is 4.68 Å². The first kappa shape index (κ1) is 15.6. The molecule has 0 aliphatic carbocycles. The van der Waals surface area contributed by atoms with Gasteiger partial charge in [-0.1, -0.05) is 48.0 Å². The van der Waals surface area contributed by atoms with Crippen molar-refractivity contribution in [2.24, 2.45) is 0 Å². The predicted molar refractivity (Wildman–Crippen MR) is 110 cm³/mol. The molecule has 5 rings (SSSR count). The van der Waals surface area contributed by atoms with E-state index in [1.165, 1.54) is 22.3 Å². The molecule has 0 aliphatic rings. The molecule has 0 unspecified atom stereocenters. The fraction of sp³-hybridized carbons (Fsp3) is 0.0417. The van der Waals surface area contributed by atoms with E-state index in [0.717, 1.165) is 16.9 Å². The van der Waals surface area contributed by atoms with Crippen molar-refractivity contribution in [2.75, 3.05) is 0 Å². The highest BCUT2D eigenvalue weighted by atomic mass is 15.3. The van der Waals surface area contributed by atoms with Crippen LogP contribution in [0.5, 0.6) is 0 Å². The van der Waals surface area contributed by atoms with Crippen molar-refractivity contribution < 1.29 is 0 Å². The molecule has 3 heterocycles. The van der Waals surface area contributed by atoms with E-state index in [1.807, 2.05) is 16.9 Å². The summed E-state index contributed by atoms with van der Waals surface area (Å²) in [6, 6.07) is 29.6. The lowest BCUT2D eigenvalue weighted by molar-refractivity contribution is 0.886. The van der Waals surface area contributed by atoms with Gasteiger partial charge in [-0.2, -0.15) is 5.10 Å². The van der Waals surface area contributed by atoms with Crippen molar-refractivity contribution in [1.82, 2.24) is 14.2 Å². The lowest BCUT2D eigenvalue weighted by atomic mass is 10.1. The van der Waals surface area contributed by atoms with Gasteiger partial charge >= 0.3 is 0 Å². The molecule has 0 N–H and O–H groups in total. The minimum absolute atomic E-state index is 1.07. The molecule has 0 atom stereocenters. The van der Waals surface area contributed by atoms with E-state index >= 15 is 0 Å². The molecule has 3 aromatic heterocycles. The SMILES string of the molecule is Cc1ccc(-n2nccc2-c2ccc3ccc(-c4ccccc4)n3c2)cc1. The first-order chi connectivity index (χ1) is 13.3. The lowest BCUT2D eigenvalue weighted by Gasteiger charge is -2.10. The van der Waals surface area contributed by atoms with Crippen LogP contribution in [0.4, 0.5) is 0 Å². The molecule has 0 spiro atoms. The van der Waals surface area contributed by atoms with Crippen molar-refractivity contribution in [3.8, 4) is 28.2 Å². The Balaban J connectivity index is 1.65. The van der Waals surface area contributed by atoms with E-state index in [-0.39, 0.29) is 0 Å². The Bertz CT molecular complexity index is 1210. The zero-order valence-corrected chi connectivity index (χ0v) is 15.1. The maximum absolute atomic E-state index is 4.55. The van der Waals surface area contributed by atoms with E-state index in [2.05, 4.69) is 101 Å². The molecule has 0 saturated carbocycles. The monoisotopic (exact) mass is 349 g/mol. The van der Waals surface area contributed by atoms with Gasteiger partial charge in [0.2, 0.25) is 0 Å². The van der Waals surface area contributed by atoms with Gasteiger partial charge in [0.1, 0.15) is 0 Å². The topological polar surface area (TPSA) is 22.2 Å². The minimum Gasteiger partial charge on any atom is -0.316 e. The van der Waals surface area contributed by atoms with E-state index in [4.69, 9.17) is 0 Å². The van der Waals surface area contributed by atoms with Crippen LogP contribution in [0, 0.1) is 6.92 Å². The molecule has 0 saturated heterocycles. The summed E-state index contributed by atoms with van der Waals surface area (Å²) in [5.41, 5.74) is 8.10. The fourth-order valence-electron chi connectivity index (χ4n) is 3.51. The van der Waals surface area contributed by atoms with Crippen molar-refractivity contribution in [2.45, 2.75) is 6.92 Å². The Kier molecular flexibility index (Phi) is 3.65. The Morgan fingerprint density at radius 1 is 0.667 bits per heavy atom. The Morgan fingerprint density at radius 3 is 2.26 bits per heavy atom. The molecule has 3 nitrogen and oxygen atoms in total. The average Bonchev–Trinajstić information content (AvgIpc) is 3.36. The number of rotatable bonds is 3. The van der Waals surface area contributed by atoms with Crippen LogP contribution in [-0.4, -0.2) is 14.2 Å². The third-order valence-corrected chi connectivity index (χ3v) is 4.94. The number of pyridine rings is 1. The Labute approximate surface area is 158 Å². The summed E-state index contributed by atoms with van der Waals surface area (Å²) in [5.74, 6) is 0. The average molecular weight is 349 g/mol. The van der Waals surface area contributed by atoms with E-state index in [0.29, 0.717) is 0 Å². The number of hydrogen-bond donors (Lipinski definition) is 0. The fourth-order valence-corrected chi connectivity index (χ4v) is 3.51. The molecular formula is C24H19N3. The molecule has 2 aromatic carbocycles. The van der Waals surface area contributed by atoms with Crippen molar-refractivity contribution >= 4 is 5.52 Å². The normalized spacial score (nSPS) is 11.1. The van der Waals surface area contributed by atoms with Crippen LogP contribution in [0.25, 0.3) is 33.7 Å². The van der Waals surface area contributed by atoms with Crippen LogP contribution < -0.4 is 0 Å². The molecular weight excluding hydrogens is 330 g/mol. The number of nitrogens with zero attached hydrogens (tertiary/aromatic N) is 3. The maximum Gasteiger partial charge on any atom is 0.0755 e. The zero-order valence-electron chi connectivity index (χ0n) is 15.1. The first-order valence-corrected chi connectivity index (χ1v) is 9.07. The summed E-state index contributed by atoms with van der Waals surface area (Å²) < 4.78 is 4.24. The molecule has 0 radical (unpaired) electrons. The molecule has 0 bridgehead atoms. The van der Waals surface area contributed by atoms with Gasteiger partial charge in [-0.05, 0) is 55.0 Å². The largest absolute Gasteiger partial charge is 0.316 e. The van der Waals surface area contributed by atoms with E-state index < -0.39 is 0 Å². The second kappa shape index (κ2) is 6.29. The van der Waals surface area contributed by atoms with E-state index in [9.17, 15) is 0 Å². The molecule has 5 aromatic rings. The highest BCUT2D eigenvalue weighted by Crippen LogP contribution is 2.27. The molecule has 0 amide bonds. The molecule has 27 heavy (non-hydrogen) atoms. The number of hydrogen-bond acceptors (Lipinski definition) is 1. The summed E-state index contributed by atoms with van der Waals surface area (Å²) in [7, 11) is 0. The number of aromatic nitrogens is 3. The number of benzene rings is 2. The third kappa shape index (κ3) is 2.74. The summed E-state index contributed by atoms with van der Waals surface area (Å²) in [6.07, 6.45) is 4.05. The van der Waals surface area contributed by atoms with Gasteiger partial charge in [-0.3, -0.25) is 0 Å². The summed E-state index contributed by atoms with van der Waals surface area (Å²) in [6.45, 7) is 2.10. The number of fused-ring (bicyclic) bond motifs is 1. The van der Waals surface area contributed by atoms with Gasteiger partial charge in [0, 0.05) is 17.3 Å². The van der Waals surface area contributed by atoms with E-state index in [1.54, 1.807) is 0 Å². The second-order valence-corrected chi connectivity index (χ2v) is 6.76. The molecule has 0 fully saturated rings. The van der Waals surface area contributed by atoms with Crippen molar-refractivity contribution in [1.29, 1.82) is 0 Å². The minimum atomic E-state index is 1.07. The molecule has 130 valence electrons. The van der Waals surface area contributed by atoms with Crippen molar-refractivity contribution in [3.05, 3.63) is 103 Å². The van der Waals surface area contributed by atoms with Crippen molar-refractivity contribution in [3.63, 3.8) is 0 Å². The Morgan fingerprint density at radius 2 is 1.44 bits per heavy atom. The summed E-state index contributed by atoms with van der Waals surface area (Å²) in [5, 5.41) is 4.55. The second-order valence-electron chi connectivity index (χ2n) is 6.76. The first-order valence-electron chi connectivity index (χ1n) is 9.07. The van der Waals surface area contributed by atoms with Gasteiger partial charge < -0.3 is 4.40 Å². The van der Waals surface area contributed by atoms with Crippen LogP contribution >= 0.6 is 0 Å². The highest BCUT2D eigenvalue weighted by molar-refractivity contribution is 5.71. The highest BCUT2D eigenvalue weighted by Gasteiger charge is 2.10. The van der Waals surface area contributed by atoms with Crippen LogP contribution in [-0.2, 0) is 0 Å². The van der Waals surface area contributed by atoms with Crippen LogP contribution in [0.3, 0.4) is 0 Å². The van der Waals surface area contributed by atoms with Gasteiger partial charge in [-0.15, -0.1) is 0 Å². The molecule has 3 heteroatoms. The maximum atomic E-state index is 4.55. The predicted octanol–water partition coefficient (Wildman–Crippen LogP) is 5.77. The Hall–Kier alpha value is -3.59.